The molecule has 7 heteroatoms. The van der Waals surface area contributed by atoms with Gasteiger partial charge in [-0.1, -0.05) is 0 Å². The van der Waals surface area contributed by atoms with E-state index in [0.717, 1.165) is 0 Å². The van der Waals surface area contributed by atoms with E-state index in [1.807, 2.05) is 0 Å². The summed E-state index contributed by atoms with van der Waals surface area (Å²) < 4.78 is 4.93. The molecular formula is C11H15N3O4. The number of hydrogen-bond donors (Lipinski definition) is 2. The molecule has 1 aromatic rings. The smallest absolute Gasteiger partial charge is 0.343 e. The number of ether oxygens (including phenoxy) is 1. The highest BCUT2D eigenvalue weighted by Gasteiger charge is 2.34. The molecule has 7 nitrogen and oxygen atoms in total. The van der Waals surface area contributed by atoms with E-state index in [-0.39, 0.29) is 36.9 Å². The first-order chi connectivity index (χ1) is 8.54. The third-order valence-electron chi connectivity index (χ3n) is 2.77. The number of nitrogens with zero attached hydrogens (tertiary/aromatic N) is 2. The average Bonchev–Trinajstić information content (AvgIpc) is 2.82. The van der Waals surface area contributed by atoms with Crippen LogP contribution in [-0.2, 0) is 9.53 Å². The highest BCUT2D eigenvalue weighted by molar-refractivity contribution is 6.03. The maximum Gasteiger partial charge on any atom is 0.343 e. The maximum absolute atomic E-state index is 11.8. The molecule has 98 valence electrons. The summed E-state index contributed by atoms with van der Waals surface area (Å²) in [5.41, 5.74) is 0.789. The van der Waals surface area contributed by atoms with E-state index in [4.69, 9.17) is 4.74 Å². The second kappa shape index (κ2) is 4.77. The summed E-state index contributed by atoms with van der Waals surface area (Å²) in [7, 11) is 0. The Labute approximate surface area is 104 Å². The van der Waals surface area contributed by atoms with Gasteiger partial charge in [0.05, 0.1) is 25.7 Å². The van der Waals surface area contributed by atoms with E-state index in [0.29, 0.717) is 5.69 Å². The van der Waals surface area contributed by atoms with Gasteiger partial charge in [0.2, 0.25) is 5.91 Å². The van der Waals surface area contributed by atoms with E-state index < -0.39 is 12.1 Å². The fourth-order valence-electron chi connectivity index (χ4n) is 1.95. The summed E-state index contributed by atoms with van der Waals surface area (Å²) in [4.78, 5) is 24.8. The monoisotopic (exact) mass is 253 g/mol. The Hall–Kier alpha value is -1.89. The van der Waals surface area contributed by atoms with E-state index in [1.165, 1.54) is 4.90 Å². The van der Waals surface area contributed by atoms with Crippen molar-refractivity contribution in [2.45, 2.75) is 26.4 Å². The molecule has 1 fully saturated rings. The minimum absolute atomic E-state index is 0.0498. The normalized spacial score (nSPS) is 19.4. The SMILES string of the molecule is CCOC(=O)c1c(N2CC(O)CC2=O)n[nH]c1C. The number of aromatic nitrogens is 2. The molecule has 1 saturated heterocycles. The molecule has 1 aliphatic heterocycles. The Kier molecular flexibility index (Phi) is 3.33. The lowest BCUT2D eigenvalue weighted by Gasteiger charge is -2.14. The van der Waals surface area contributed by atoms with Crippen molar-refractivity contribution in [3.63, 3.8) is 0 Å². The van der Waals surface area contributed by atoms with Crippen molar-refractivity contribution < 1.29 is 19.4 Å². The van der Waals surface area contributed by atoms with Crippen molar-refractivity contribution in [3.8, 4) is 0 Å². The van der Waals surface area contributed by atoms with Crippen LogP contribution in [0.3, 0.4) is 0 Å². The van der Waals surface area contributed by atoms with Gasteiger partial charge in [0.15, 0.2) is 5.82 Å². The quantitative estimate of drug-likeness (QED) is 0.739. The van der Waals surface area contributed by atoms with Gasteiger partial charge in [0.1, 0.15) is 5.56 Å². The minimum atomic E-state index is -0.718. The van der Waals surface area contributed by atoms with Gasteiger partial charge in [0.25, 0.3) is 0 Å². The Balaban J connectivity index is 2.34. The Morgan fingerprint density at radius 1 is 1.67 bits per heavy atom. The van der Waals surface area contributed by atoms with E-state index in [9.17, 15) is 14.7 Å². The number of aromatic amines is 1. The van der Waals surface area contributed by atoms with E-state index in [2.05, 4.69) is 10.2 Å². The third kappa shape index (κ3) is 2.08. The zero-order chi connectivity index (χ0) is 13.3. The largest absolute Gasteiger partial charge is 0.462 e. The second-order valence-corrected chi connectivity index (χ2v) is 4.13. The predicted octanol–water partition coefficient (Wildman–Crippen LogP) is -0.00758. The lowest BCUT2D eigenvalue weighted by Crippen LogP contribution is -2.27. The molecule has 1 atom stereocenters. The number of carbonyl (C=O) groups excluding carboxylic acids is 2. The average molecular weight is 253 g/mol. The van der Waals surface area contributed by atoms with Gasteiger partial charge in [0, 0.05) is 5.69 Å². The number of aryl methyl sites for hydroxylation is 1. The molecule has 1 aliphatic rings. The van der Waals surface area contributed by atoms with Crippen LogP contribution in [0.15, 0.2) is 0 Å². The molecule has 2 rings (SSSR count). The lowest BCUT2D eigenvalue weighted by molar-refractivity contribution is -0.117. The van der Waals surface area contributed by atoms with Gasteiger partial charge in [-0.05, 0) is 13.8 Å². The Morgan fingerprint density at radius 3 is 2.94 bits per heavy atom. The van der Waals surface area contributed by atoms with Crippen molar-refractivity contribution >= 4 is 17.7 Å². The van der Waals surface area contributed by atoms with Crippen molar-refractivity contribution in [2.75, 3.05) is 18.1 Å². The van der Waals surface area contributed by atoms with Crippen molar-refractivity contribution in [2.24, 2.45) is 0 Å². The molecule has 1 unspecified atom stereocenters. The number of β-amino-alcohol motifs (C(OH)–C–C–N with tert-alkyl or cyclic N) is 1. The number of aliphatic hydroxyl groups excluding tert-OH is 1. The first kappa shape index (κ1) is 12.6. The van der Waals surface area contributed by atoms with Gasteiger partial charge in [-0.25, -0.2) is 4.79 Å². The fourth-order valence-corrected chi connectivity index (χ4v) is 1.95. The fraction of sp³-hybridized carbons (Fsp3) is 0.545. The molecule has 1 aromatic heterocycles. The number of nitrogens with one attached hydrogen (secondary N) is 1. The first-order valence-electron chi connectivity index (χ1n) is 5.75. The summed E-state index contributed by atoms with van der Waals surface area (Å²) in [6.45, 7) is 3.78. The van der Waals surface area contributed by atoms with Crippen molar-refractivity contribution in [1.82, 2.24) is 10.2 Å². The molecule has 18 heavy (non-hydrogen) atoms. The Bertz CT molecular complexity index is 483. The van der Waals surface area contributed by atoms with Gasteiger partial charge in [-0.15, -0.1) is 0 Å². The van der Waals surface area contributed by atoms with Gasteiger partial charge in [-0.3, -0.25) is 14.8 Å². The summed E-state index contributed by atoms with van der Waals surface area (Å²) in [6, 6.07) is 0. The number of carbonyl (C=O) groups is 2. The van der Waals surface area contributed by atoms with E-state index >= 15 is 0 Å². The molecule has 0 spiro atoms. The summed E-state index contributed by atoms with van der Waals surface area (Å²) in [5, 5.41) is 16.1. The third-order valence-corrected chi connectivity index (χ3v) is 2.77. The molecule has 2 heterocycles. The molecule has 0 radical (unpaired) electrons. The number of amides is 1. The number of esters is 1. The maximum atomic E-state index is 11.8. The van der Waals surface area contributed by atoms with Crippen LogP contribution in [0.4, 0.5) is 5.82 Å². The van der Waals surface area contributed by atoms with Crippen LogP contribution in [0.25, 0.3) is 0 Å². The molecule has 0 aromatic carbocycles. The molecular weight excluding hydrogens is 238 g/mol. The van der Waals surface area contributed by atoms with Crippen LogP contribution in [0.2, 0.25) is 0 Å². The summed E-state index contributed by atoms with van der Waals surface area (Å²) >= 11 is 0. The highest BCUT2D eigenvalue weighted by atomic mass is 16.5. The predicted molar refractivity (Wildman–Crippen MR) is 62.3 cm³/mol. The second-order valence-electron chi connectivity index (χ2n) is 4.13. The van der Waals surface area contributed by atoms with Crippen LogP contribution in [0.1, 0.15) is 29.4 Å². The zero-order valence-corrected chi connectivity index (χ0v) is 10.3. The van der Waals surface area contributed by atoms with E-state index in [1.54, 1.807) is 13.8 Å². The molecule has 2 N–H and O–H groups in total. The molecule has 0 bridgehead atoms. The highest BCUT2D eigenvalue weighted by Crippen LogP contribution is 2.26. The number of hydrogen-bond acceptors (Lipinski definition) is 5. The lowest BCUT2D eigenvalue weighted by atomic mass is 10.2. The standard InChI is InChI=1S/C11H15N3O4/c1-3-18-11(17)9-6(2)12-13-10(9)14-5-7(15)4-8(14)16/h7,15H,3-5H2,1-2H3,(H,12,13). The Morgan fingerprint density at radius 2 is 2.39 bits per heavy atom. The number of aliphatic hydroxyl groups is 1. The zero-order valence-electron chi connectivity index (χ0n) is 10.3. The number of anilines is 1. The first-order valence-corrected chi connectivity index (χ1v) is 5.75. The van der Waals surface area contributed by atoms with Gasteiger partial charge in [-0.2, -0.15) is 5.10 Å². The summed E-state index contributed by atoms with van der Waals surface area (Å²) in [5.74, 6) is -0.542. The molecule has 0 saturated carbocycles. The summed E-state index contributed by atoms with van der Waals surface area (Å²) in [6.07, 6.45) is -0.668. The number of H-pyrrole nitrogens is 1. The van der Waals surface area contributed by atoms with Crippen LogP contribution >= 0.6 is 0 Å². The van der Waals surface area contributed by atoms with Crippen LogP contribution in [0, 0.1) is 6.92 Å². The minimum Gasteiger partial charge on any atom is -0.462 e. The molecule has 0 aliphatic carbocycles. The van der Waals surface area contributed by atoms with Gasteiger partial charge >= 0.3 is 5.97 Å². The van der Waals surface area contributed by atoms with Gasteiger partial charge < -0.3 is 9.84 Å². The molecule has 1 amide bonds. The van der Waals surface area contributed by atoms with Crippen LogP contribution in [-0.4, -0.2) is 46.4 Å². The van der Waals surface area contributed by atoms with Crippen LogP contribution in [0.5, 0.6) is 0 Å². The van der Waals surface area contributed by atoms with Crippen LogP contribution < -0.4 is 4.90 Å². The topological polar surface area (TPSA) is 95.5 Å². The van der Waals surface area contributed by atoms with Crippen molar-refractivity contribution in [3.05, 3.63) is 11.3 Å². The number of rotatable bonds is 3. The van der Waals surface area contributed by atoms with Crippen molar-refractivity contribution in [1.29, 1.82) is 0 Å².